The van der Waals surface area contributed by atoms with Crippen LogP contribution in [0.1, 0.15) is 30.5 Å². The van der Waals surface area contributed by atoms with Crippen LogP contribution >= 0.6 is 15.9 Å². The fraction of sp³-hybridized carbons (Fsp3) is 0.250. The molecule has 0 amide bonds. The van der Waals surface area contributed by atoms with E-state index in [4.69, 9.17) is 0 Å². The molecule has 0 radical (unpaired) electrons. The monoisotopic (exact) mass is 303 g/mol. The number of rotatable bonds is 5. The van der Waals surface area contributed by atoms with Crippen molar-refractivity contribution in [1.82, 2.24) is 5.32 Å². The minimum atomic E-state index is 0.277. The van der Waals surface area contributed by atoms with Gasteiger partial charge in [-0.05, 0) is 36.2 Å². The molecule has 0 aromatic heterocycles. The van der Waals surface area contributed by atoms with Crippen molar-refractivity contribution in [3.8, 4) is 0 Å². The molecule has 0 aliphatic rings. The molecule has 2 heteroatoms. The summed E-state index contributed by atoms with van der Waals surface area (Å²) in [4.78, 5) is 0. The summed E-state index contributed by atoms with van der Waals surface area (Å²) < 4.78 is 1.12. The zero-order valence-corrected chi connectivity index (χ0v) is 12.2. The topological polar surface area (TPSA) is 12.0 Å². The minimum absolute atomic E-state index is 0.277. The van der Waals surface area contributed by atoms with Gasteiger partial charge >= 0.3 is 0 Å². The van der Waals surface area contributed by atoms with Crippen LogP contribution in [-0.4, -0.2) is 6.54 Å². The summed E-state index contributed by atoms with van der Waals surface area (Å²) in [6.07, 6.45) is 1.14. The van der Waals surface area contributed by atoms with E-state index in [0.717, 1.165) is 17.4 Å². The Morgan fingerprint density at radius 3 is 2.17 bits per heavy atom. The molecular formula is C16H18BrN. The van der Waals surface area contributed by atoms with E-state index in [2.05, 4.69) is 82.8 Å². The number of hydrogen-bond donors (Lipinski definition) is 1. The van der Waals surface area contributed by atoms with Gasteiger partial charge in [0.05, 0.1) is 6.04 Å². The molecule has 2 aromatic rings. The molecule has 0 aliphatic heterocycles. The number of halogens is 1. The SMILES string of the molecule is CCCNC(c1ccccc1)c1ccc(Br)cc1. The first-order chi connectivity index (χ1) is 8.81. The molecule has 2 rings (SSSR count). The Balaban J connectivity index is 2.27. The lowest BCUT2D eigenvalue weighted by Crippen LogP contribution is -2.23. The summed E-state index contributed by atoms with van der Waals surface area (Å²) in [6, 6.07) is 19.4. The Labute approximate surface area is 117 Å². The van der Waals surface area contributed by atoms with Gasteiger partial charge in [-0.1, -0.05) is 65.3 Å². The van der Waals surface area contributed by atoms with E-state index in [0.29, 0.717) is 0 Å². The van der Waals surface area contributed by atoms with E-state index in [1.165, 1.54) is 11.1 Å². The number of benzene rings is 2. The largest absolute Gasteiger partial charge is 0.306 e. The maximum atomic E-state index is 3.61. The van der Waals surface area contributed by atoms with E-state index in [1.807, 2.05) is 0 Å². The molecule has 0 saturated heterocycles. The smallest absolute Gasteiger partial charge is 0.0576 e. The van der Waals surface area contributed by atoms with E-state index >= 15 is 0 Å². The van der Waals surface area contributed by atoms with Gasteiger partial charge in [0.1, 0.15) is 0 Å². The van der Waals surface area contributed by atoms with Crippen LogP contribution in [0.25, 0.3) is 0 Å². The van der Waals surface area contributed by atoms with E-state index in [-0.39, 0.29) is 6.04 Å². The van der Waals surface area contributed by atoms with Gasteiger partial charge in [-0.2, -0.15) is 0 Å². The first-order valence-electron chi connectivity index (χ1n) is 6.35. The fourth-order valence-electron chi connectivity index (χ4n) is 2.02. The third-order valence-corrected chi connectivity index (χ3v) is 3.46. The lowest BCUT2D eigenvalue weighted by atomic mass is 9.99. The molecule has 18 heavy (non-hydrogen) atoms. The summed E-state index contributed by atoms with van der Waals surface area (Å²) in [5.74, 6) is 0. The predicted octanol–water partition coefficient (Wildman–Crippen LogP) is 4.54. The third-order valence-electron chi connectivity index (χ3n) is 2.93. The molecule has 1 atom stereocenters. The lowest BCUT2D eigenvalue weighted by Gasteiger charge is -2.19. The van der Waals surface area contributed by atoms with Gasteiger partial charge in [0.15, 0.2) is 0 Å². The van der Waals surface area contributed by atoms with Crippen molar-refractivity contribution < 1.29 is 0 Å². The van der Waals surface area contributed by atoms with Crippen LogP contribution in [-0.2, 0) is 0 Å². The van der Waals surface area contributed by atoms with Gasteiger partial charge in [0, 0.05) is 4.47 Å². The van der Waals surface area contributed by atoms with Crippen LogP contribution in [0, 0.1) is 0 Å². The standard InChI is InChI=1S/C16H18BrN/c1-2-12-18-16(13-6-4-3-5-7-13)14-8-10-15(17)11-9-14/h3-11,16,18H,2,12H2,1H3. The summed E-state index contributed by atoms with van der Waals surface area (Å²) in [7, 11) is 0. The van der Waals surface area contributed by atoms with Gasteiger partial charge in [0.25, 0.3) is 0 Å². The quantitative estimate of drug-likeness (QED) is 0.855. The second-order valence-corrected chi connectivity index (χ2v) is 5.27. The molecule has 0 bridgehead atoms. The highest BCUT2D eigenvalue weighted by Crippen LogP contribution is 2.23. The van der Waals surface area contributed by atoms with Gasteiger partial charge in [-0.3, -0.25) is 0 Å². The molecule has 1 N–H and O–H groups in total. The molecule has 0 heterocycles. The van der Waals surface area contributed by atoms with Crippen molar-refractivity contribution in [1.29, 1.82) is 0 Å². The molecule has 0 saturated carbocycles. The molecule has 1 unspecified atom stereocenters. The van der Waals surface area contributed by atoms with Gasteiger partial charge in [-0.25, -0.2) is 0 Å². The Bertz CT molecular complexity index is 464. The summed E-state index contributed by atoms with van der Waals surface area (Å²) in [5, 5.41) is 3.61. The van der Waals surface area contributed by atoms with Crippen molar-refractivity contribution in [3.05, 3.63) is 70.2 Å². The first kappa shape index (κ1) is 13.3. The first-order valence-corrected chi connectivity index (χ1v) is 7.14. The Kier molecular flexibility index (Phi) is 4.97. The van der Waals surface area contributed by atoms with Crippen LogP contribution in [0.2, 0.25) is 0 Å². The van der Waals surface area contributed by atoms with Gasteiger partial charge in [0.2, 0.25) is 0 Å². The molecule has 2 aromatic carbocycles. The highest BCUT2D eigenvalue weighted by atomic mass is 79.9. The maximum absolute atomic E-state index is 3.61. The Hall–Kier alpha value is -1.12. The van der Waals surface area contributed by atoms with Crippen LogP contribution in [0.4, 0.5) is 0 Å². The number of hydrogen-bond acceptors (Lipinski definition) is 1. The summed E-state index contributed by atoms with van der Waals surface area (Å²) in [6.45, 7) is 3.21. The number of nitrogens with one attached hydrogen (secondary N) is 1. The third kappa shape index (κ3) is 3.44. The van der Waals surface area contributed by atoms with Crippen LogP contribution in [0.3, 0.4) is 0 Å². The summed E-state index contributed by atoms with van der Waals surface area (Å²) >= 11 is 3.48. The molecule has 1 nitrogen and oxygen atoms in total. The average molecular weight is 304 g/mol. The lowest BCUT2D eigenvalue weighted by molar-refractivity contribution is 0.598. The van der Waals surface area contributed by atoms with Crippen molar-refractivity contribution >= 4 is 15.9 Å². The fourth-order valence-corrected chi connectivity index (χ4v) is 2.28. The average Bonchev–Trinajstić information content (AvgIpc) is 2.42. The van der Waals surface area contributed by atoms with Crippen LogP contribution in [0.5, 0.6) is 0 Å². The highest BCUT2D eigenvalue weighted by molar-refractivity contribution is 9.10. The molecule has 94 valence electrons. The predicted molar refractivity (Wildman–Crippen MR) is 80.7 cm³/mol. The second kappa shape index (κ2) is 6.72. The second-order valence-electron chi connectivity index (χ2n) is 4.35. The molecule has 0 spiro atoms. The van der Waals surface area contributed by atoms with Gasteiger partial charge < -0.3 is 5.32 Å². The molecule has 0 fully saturated rings. The van der Waals surface area contributed by atoms with Crippen molar-refractivity contribution in [3.63, 3.8) is 0 Å². The van der Waals surface area contributed by atoms with E-state index < -0.39 is 0 Å². The summed E-state index contributed by atoms with van der Waals surface area (Å²) in [5.41, 5.74) is 2.62. The molecular weight excluding hydrogens is 286 g/mol. The minimum Gasteiger partial charge on any atom is -0.306 e. The zero-order chi connectivity index (χ0) is 12.8. The maximum Gasteiger partial charge on any atom is 0.0576 e. The van der Waals surface area contributed by atoms with E-state index in [9.17, 15) is 0 Å². The van der Waals surface area contributed by atoms with Crippen molar-refractivity contribution in [2.24, 2.45) is 0 Å². The van der Waals surface area contributed by atoms with Crippen molar-refractivity contribution in [2.45, 2.75) is 19.4 Å². The highest BCUT2D eigenvalue weighted by Gasteiger charge is 2.12. The van der Waals surface area contributed by atoms with E-state index in [1.54, 1.807) is 0 Å². The molecule has 0 aliphatic carbocycles. The van der Waals surface area contributed by atoms with Gasteiger partial charge in [-0.15, -0.1) is 0 Å². The van der Waals surface area contributed by atoms with Crippen LogP contribution < -0.4 is 5.32 Å². The normalized spacial score (nSPS) is 12.3. The Morgan fingerprint density at radius 2 is 1.56 bits per heavy atom. The van der Waals surface area contributed by atoms with Crippen molar-refractivity contribution in [2.75, 3.05) is 6.54 Å². The Morgan fingerprint density at radius 1 is 0.944 bits per heavy atom. The van der Waals surface area contributed by atoms with Crippen LogP contribution in [0.15, 0.2) is 59.1 Å². The zero-order valence-electron chi connectivity index (χ0n) is 10.6.